The summed E-state index contributed by atoms with van der Waals surface area (Å²) >= 11 is 0. The largest absolute Gasteiger partial charge is 0.417 e. The summed E-state index contributed by atoms with van der Waals surface area (Å²) in [7, 11) is 0. The molecule has 1 aliphatic heterocycles. The van der Waals surface area contributed by atoms with Crippen LogP contribution in [0.3, 0.4) is 0 Å². The zero-order chi connectivity index (χ0) is 14.8. The molecule has 0 spiro atoms. The fourth-order valence-corrected chi connectivity index (χ4v) is 2.04. The van der Waals surface area contributed by atoms with Gasteiger partial charge in [0.05, 0.1) is 11.6 Å². The van der Waals surface area contributed by atoms with Crippen molar-refractivity contribution in [3.63, 3.8) is 0 Å². The van der Waals surface area contributed by atoms with Gasteiger partial charge < -0.3 is 15.6 Å². The Kier molecular flexibility index (Phi) is 4.12. The van der Waals surface area contributed by atoms with Crippen LogP contribution in [0.25, 0.3) is 0 Å². The highest BCUT2D eigenvalue weighted by molar-refractivity contribution is 5.94. The van der Waals surface area contributed by atoms with Crippen LogP contribution in [0.15, 0.2) is 17.1 Å². The molecule has 5 nitrogen and oxygen atoms in total. The van der Waals surface area contributed by atoms with Crippen molar-refractivity contribution in [2.45, 2.75) is 31.5 Å². The molecule has 8 heteroatoms. The minimum Gasteiger partial charge on any atom is -0.327 e. The first-order chi connectivity index (χ1) is 9.38. The van der Waals surface area contributed by atoms with Gasteiger partial charge in [-0.1, -0.05) is 6.42 Å². The van der Waals surface area contributed by atoms with E-state index in [2.05, 4.69) is 10.6 Å². The van der Waals surface area contributed by atoms with Gasteiger partial charge in [-0.3, -0.25) is 9.59 Å². The lowest BCUT2D eigenvalue weighted by atomic mass is 10.0. The highest BCUT2D eigenvalue weighted by atomic mass is 19.4. The average molecular weight is 289 g/mol. The minimum atomic E-state index is -4.58. The lowest BCUT2D eigenvalue weighted by molar-refractivity contribution is -0.137. The predicted octanol–water partition coefficient (Wildman–Crippen LogP) is 1.47. The topological polar surface area (TPSA) is 74.0 Å². The van der Waals surface area contributed by atoms with E-state index in [1.807, 2.05) is 4.98 Å². The van der Waals surface area contributed by atoms with E-state index in [-0.39, 0.29) is 0 Å². The predicted molar refractivity (Wildman–Crippen MR) is 66.3 cm³/mol. The van der Waals surface area contributed by atoms with E-state index in [0.29, 0.717) is 25.2 Å². The molecule has 1 aromatic heterocycles. The van der Waals surface area contributed by atoms with Crippen LogP contribution >= 0.6 is 0 Å². The summed E-state index contributed by atoms with van der Waals surface area (Å²) in [6, 6.07) is 0.164. The summed E-state index contributed by atoms with van der Waals surface area (Å²) in [5.41, 5.74) is -2.16. The molecule has 1 atom stereocenters. The summed E-state index contributed by atoms with van der Waals surface area (Å²) in [6.07, 6.45) is -1.58. The van der Waals surface area contributed by atoms with E-state index in [0.717, 1.165) is 12.8 Å². The number of piperidine rings is 1. The molecule has 0 unspecified atom stereocenters. The SMILES string of the molecule is O=C(Nc1cc(C(F)(F)F)c[nH]c1=O)[C@@H]1CCCCN1. The van der Waals surface area contributed by atoms with Crippen molar-refractivity contribution in [3.05, 3.63) is 28.2 Å². The molecule has 0 bridgehead atoms. The summed E-state index contributed by atoms with van der Waals surface area (Å²) in [6.45, 7) is 0.678. The monoisotopic (exact) mass is 289 g/mol. The van der Waals surface area contributed by atoms with Crippen LogP contribution in [0, 0.1) is 0 Å². The van der Waals surface area contributed by atoms with E-state index in [4.69, 9.17) is 0 Å². The molecule has 20 heavy (non-hydrogen) atoms. The van der Waals surface area contributed by atoms with Crippen molar-refractivity contribution in [1.82, 2.24) is 10.3 Å². The Morgan fingerprint density at radius 3 is 2.70 bits per heavy atom. The highest BCUT2D eigenvalue weighted by Gasteiger charge is 2.32. The molecule has 1 aromatic rings. The van der Waals surface area contributed by atoms with E-state index in [1.54, 1.807) is 0 Å². The fourth-order valence-electron chi connectivity index (χ4n) is 2.04. The van der Waals surface area contributed by atoms with Crippen LogP contribution in [-0.2, 0) is 11.0 Å². The van der Waals surface area contributed by atoms with Crippen molar-refractivity contribution < 1.29 is 18.0 Å². The number of halogens is 3. The Morgan fingerprint density at radius 2 is 2.10 bits per heavy atom. The molecule has 0 aliphatic carbocycles. The number of rotatable bonds is 2. The smallest absolute Gasteiger partial charge is 0.327 e. The van der Waals surface area contributed by atoms with Crippen molar-refractivity contribution in [3.8, 4) is 0 Å². The summed E-state index contributed by atoms with van der Waals surface area (Å²) in [4.78, 5) is 25.3. The van der Waals surface area contributed by atoms with Gasteiger partial charge in [0.25, 0.3) is 5.56 Å². The number of pyridine rings is 1. The minimum absolute atomic E-state index is 0.391. The highest BCUT2D eigenvalue weighted by Crippen LogP contribution is 2.29. The van der Waals surface area contributed by atoms with Crippen LogP contribution in [0.4, 0.5) is 18.9 Å². The van der Waals surface area contributed by atoms with Gasteiger partial charge >= 0.3 is 6.18 Å². The third-order valence-electron chi connectivity index (χ3n) is 3.12. The molecule has 1 aliphatic rings. The Labute approximate surface area is 112 Å². The van der Waals surface area contributed by atoms with Gasteiger partial charge in [-0.05, 0) is 25.5 Å². The Hall–Kier alpha value is -1.83. The molecule has 0 aromatic carbocycles. The lowest BCUT2D eigenvalue weighted by Crippen LogP contribution is -2.44. The van der Waals surface area contributed by atoms with Crippen LogP contribution < -0.4 is 16.2 Å². The molecule has 1 saturated heterocycles. The molecule has 2 heterocycles. The number of carbonyl (C=O) groups excluding carboxylic acids is 1. The average Bonchev–Trinajstić information content (AvgIpc) is 2.41. The van der Waals surface area contributed by atoms with Crippen molar-refractivity contribution in [2.75, 3.05) is 11.9 Å². The number of aromatic nitrogens is 1. The van der Waals surface area contributed by atoms with Gasteiger partial charge in [0, 0.05) is 6.20 Å². The van der Waals surface area contributed by atoms with Crippen LogP contribution in [-0.4, -0.2) is 23.5 Å². The molecule has 1 fully saturated rings. The number of alkyl halides is 3. The van der Waals surface area contributed by atoms with E-state index in [1.165, 1.54) is 0 Å². The van der Waals surface area contributed by atoms with Crippen molar-refractivity contribution in [2.24, 2.45) is 0 Å². The van der Waals surface area contributed by atoms with Gasteiger partial charge in [0.15, 0.2) is 0 Å². The Balaban J connectivity index is 2.16. The first kappa shape index (κ1) is 14.6. The standard InChI is InChI=1S/C12H14F3N3O2/c13-12(14,15)7-5-9(10(19)17-6-7)18-11(20)8-3-1-2-4-16-8/h5-6,8,16H,1-4H2,(H,17,19)(H,18,20)/t8-/m0/s1. The van der Waals surface area contributed by atoms with Crippen LogP contribution in [0.5, 0.6) is 0 Å². The molecule has 1 amide bonds. The Bertz CT molecular complexity index is 548. The maximum atomic E-state index is 12.5. The number of hydrogen-bond acceptors (Lipinski definition) is 3. The number of nitrogens with one attached hydrogen (secondary N) is 3. The number of H-pyrrole nitrogens is 1. The first-order valence-corrected chi connectivity index (χ1v) is 6.22. The second-order valence-corrected chi connectivity index (χ2v) is 4.62. The molecular weight excluding hydrogens is 275 g/mol. The fraction of sp³-hybridized carbons (Fsp3) is 0.500. The lowest BCUT2D eigenvalue weighted by Gasteiger charge is -2.22. The zero-order valence-electron chi connectivity index (χ0n) is 10.5. The molecule has 2 rings (SSSR count). The van der Waals surface area contributed by atoms with E-state index < -0.39 is 34.9 Å². The first-order valence-electron chi connectivity index (χ1n) is 6.22. The summed E-state index contributed by atoms with van der Waals surface area (Å²) < 4.78 is 37.6. The number of hydrogen-bond donors (Lipinski definition) is 3. The Morgan fingerprint density at radius 1 is 1.35 bits per heavy atom. The van der Waals surface area contributed by atoms with Gasteiger partial charge in [0.1, 0.15) is 5.69 Å². The van der Waals surface area contributed by atoms with Crippen molar-refractivity contribution in [1.29, 1.82) is 0 Å². The van der Waals surface area contributed by atoms with Crippen LogP contribution in [0.1, 0.15) is 24.8 Å². The van der Waals surface area contributed by atoms with Crippen molar-refractivity contribution >= 4 is 11.6 Å². The number of anilines is 1. The summed E-state index contributed by atoms with van der Waals surface area (Å²) in [5, 5.41) is 5.20. The maximum absolute atomic E-state index is 12.5. The number of amides is 1. The third-order valence-corrected chi connectivity index (χ3v) is 3.12. The molecule has 0 saturated carbocycles. The normalized spacial score (nSPS) is 19.6. The second-order valence-electron chi connectivity index (χ2n) is 4.62. The van der Waals surface area contributed by atoms with E-state index in [9.17, 15) is 22.8 Å². The van der Waals surface area contributed by atoms with Gasteiger partial charge in [-0.2, -0.15) is 13.2 Å². The quantitative estimate of drug-likeness (QED) is 0.772. The van der Waals surface area contributed by atoms with Gasteiger partial charge in [-0.15, -0.1) is 0 Å². The van der Waals surface area contributed by atoms with Gasteiger partial charge in [-0.25, -0.2) is 0 Å². The number of aromatic amines is 1. The third kappa shape index (κ3) is 3.38. The van der Waals surface area contributed by atoms with Gasteiger partial charge in [0.2, 0.25) is 5.91 Å². The summed E-state index contributed by atoms with van der Waals surface area (Å²) in [5.74, 6) is -0.491. The number of carbonyl (C=O) groups is 1. The zero-order valence-corrected chi connectivity index (χ0v) is 10.5. The van der Waals surface area contributed by atoms with E-state index >= 15 is 0 Å². The molecule has 0 radical (unpaired) electrons. The van der Waals surface area contributed by atoms with Crippen LogP contribution in [0.2, 0.25) is 0 Å². The maximum Gasteiger partial charge on any atom is 0.417 e. The second kappa shape index (κ2) is 5.66. The molecule has 3 N–H and O–H groups in total. The molecular formula is C12H14F3N3O2. The molecule has 110 valence electrons.